The van der Waals surface area contributed by atoms with Crippen LogP contribution < -0.4 is 15.6 Å². The number of nitrogens with two attached hydrogens (primary N) is 2. The van der Waals surface area contributed by atoms with Crippen molar-refractivity contribution in [3.05, 3.63) is 30.5 Å². The van der Waals surface area contributed by atoms with Crippen molar-refractivity contribution in [1.82, 2.24) is 4.98 Å². The Morgan fingerprint density at radius 3 is 2.68 bits per heavy atom. The molecule has 0 aliphatic carbocycles. The van der Waals surface area contributed by atoms with Crippen molar-refractivity contribution in [2.24, 2.45) is 10.9 Å². The molecule has 1 amide bonds. The molecule has 0 radical (unpaired) electrons. The topological polar surface area (TPSA) is 125 Å². The maximum Gasteiger partial charge on any atom is 0.255 e. The van der Waals surface area contributed by atoms with Gasteiger partial charge in [0, 0.05) is 11.6 Å². The van der Waals surface area contributed by atoms with Crippen molar-refractivity contribution in [1.29, 1.82) is 0 Å². The average Bonchev–Trinajstić information content (AvgIpc) is 2.34. The largest absolute Gasteiger partial charge is 0.483 e. The van der Waals surface area contributed by atoms with Crippen molar-refractivity contribution in [3.63, 3.8) is 0 Å². The van der Waals surface area contributed by atoms with Crippen LogP contribution in [0.15, 0.2) is 35.4 Å². The first-order chi connectivity index (χ1) is 8.89. The number of pyridine rings is 1. The van der Waals surface area contributed by atoms with Crippen molar-refractivity contribution in [2.45, 2.75) is 4.90 Å². The first-order valence-corrected chi connectivity index (χ1v) is 6.76. The number of sulfonamides is 1. The van der Waals surface area contributed by atoms with E-state index in [2.05, 4.69) is 4.98 Å². The van der Waals surface area contributed by atoms with Gasteiger partial charge in [-0.2, -0.15) is 0 Å². The molecule has 0 saturated heterocycles. The van der Waals surface area contributed by atoms with E-state index in [9.17, 15) is 13.2 Å². The van der Waals surface area contributed by atoms with Crippen LogP contribution in [-0.2, 0) is 14.8 Å². The third-order valence-corrected chi connectivity index (χ3v) is 3.31. The maximum absolute atomic E-state index is 11.4. The summed E-state index contributed by atoms with van der Waals surface area (Å²) in [7, 11) is -3.89. The molecule has 4 N–H and O–H groups in total. The van der Waals surface area contributed by atoms with E-state index in [1.165, 1.54) is 18.3 Å². The molecule has 0 atom stereocenters. The van der Waals surface area contributed by atoms with Gasteiger partial charge >= 0.3 is 0 Å². The minimum absolute atomic E-state index is 0.102. The van der Waals surface area contributed by atoms with Gasteiger partial charge < -0.3 is 10.5 Å². The number of nitrogens with zero attached hydrogens (tertiary/aromatic N) is 1. The van der Waals surface area contributed by atoms with Crippen LogP contribution in [0.3, 0.4) is 0 Å². The lowest BCUT2D eigenvalue weighted by molar-refractivity contribution is -0.119. The minimum Gasteiger partial charge on any atom is -0.483 e. The number of aromatic nitrogens is 1. The molecule has 2 rings (SSSR count). The number of ether oxygens (including phenoxy) is 1. The van der Waals surface area contributed by atoms with Crippen LogP contribution in [0.1, 0.15) is 0 Å². The van der Waals surface area contributed by atoms with Crippen molar-refractivity contribution < 1.29 is 17.9 Å². The standard InChI is InChI=1S/C11H11N3O4S/c12-10(15)6-18-8-3-4-9(19(13,16)17)11-7(8)2-1-5-14-11/h1-5H,6H2,(H2,12,15)(H2,13,16,17). The SMILES string of the molecule is NC(=O)COc1ccc(S(N)(=O)=O)c2ncccc12. The number of amides is 1. The van der Waals surface area contributed by atoms with E-state index in [4.69, 9.17) is 15.6 Å². The summed E-state index contributed by atoms with van der Waals surface area (Å²) < 4.78 is 28.1. The van der Waals surface area contributed by atoms with Crippen LogP contribution in [0.4, 0.5) is 0 Å². The number of hydrogen-bond acceptors (Lipinski definition) is 5. The van der Waals surface area contributed by atoms with Gasteiger partial charge in [-0.1, -0.05) is 0 Å². The fourth-order valence-electron chi connectivity index (χ4n) is 1.62. The van der Waals surface area contributed by atoms with Crippen LogP contribution in [0.5, 0.6) is 5.75 Å². The van der Waals surface area contributed by atoms with Gasteiger partial charge in [0.15, 0.2) is 6.61 Å². The Kier molecular flexibility index (Phi) is 3.36. The zero-order chi connectivity index (χ0) is 14.0. The lowest BCUT2D eigenvalue weighted by Gasteiger charge is -2.09. The van der Waals surface area contributed by atoms with Gasteiger partial charge in [-0.05, 0) is 24.3 Å². The number of carbonyl (C=O) groups excluding carboxylic acids is 1. The summed E-state index contributed by atoms with van der Waals surface area (Å²) >= 11 is 0. The van der Waals surface area contributed by atoms with Crippen LogP contribution in [0.2, 0.25) is 0 Å². The fourth-order valence-corrected chi connectivity index (χ4v) is 2.31. The first-order valence-electron chi connectivity index (χ1n) is 5.21. The van der Waals surface area contributed by atoms with Crippen LogP contribution in [0.25, 0.3) is 10.9 Å². The summed E-state index contributed by atoms with van der Waals surface area (Å²) in [5.74, 6) is -0.318. The van der Waals surface area contributed by atoms with E-state index in [1.54, 1.807) is 12.1 Å². The summed E-state index contributed by atoms with van der Waals surface area (Å²) in [5.41, 5.74) is 5.18. The highest BCUT2D eigenvalue weighted by atomic mass is 32.2. The van der Waals surface area contributed by atoms with Crippen molar-refractivity contribution in [2.75, 3.05) is 6.61 Å². The summed E-state index contributed by atoms with van der Waals surface area (Å²) in [6, 6.07) is 5.92. The lowest BCUT2D eigenvalue weighted by atomic mass is 10.2. The van der Waals surface area contributed by atoms with E-state index in [0.29, 0.717) is 11.1 Å². The Morgan fingerprint density at radius 2 is 2.05 bits per heavy atom. The summed E-state index contributed by atoms with van der Waals surface area (Å²) in [6.07, 6.45) is 1.44. The van der Waals surface area contributed by atoms with E-state index >= 15 is 0 Å². The molecule has 1 heterocycles. The minimum atomic E-state index is -3.89. The molecule has 1 aromatic carbocycles. The molecule has 100 valence electrons. The average molecular weight is 281 g/mol. The Hall–Kier alpha value is -2.19. The fraction of sp³-hybridized carbons (Fsp3) is 0.0909. The maximum atomic E-state index is 11.4. The predicted octanol–water partition coefficient (Wildman–Crippen LogP) is -0.254. The van der Waals surface area contributed by atoms with Gasteiger partial charge in [-0.15, -0.1) is 0 Å². The molecule has 8 heteroatoms. The zero-order valence-electron chi connectivity index (χ0n) is 9.74. The number of rotatable bonds is 4. The molecule has 0 fully saturated rings. The predicted molar refractivity (Wildman–Crippen MR) is 67.8 cm³/mol. The normalized spacial score (nSPS) is 11.4. The third-order valence-electron chi connectivity index (χ3n) is 2.37. The molecule has 7 nitrogen and oxygen atoms in total. The van der Waals surface area contributed by atoms with Crippen molar-refractivity contribution >= 4 is 26.8 Å². The molecule has 0 bridgehead atoms. The molecule has 0 saturated carbocycles. The second-order valence-electron chi connectivity index (χ2n) is 3.76. The van der Waals surface area contributed by atoms with Crippen molar-refractivity contribution in [3.8, 4) is 5.75 Å². The van der Waals surface area contributed by atoms with E-state index in [-0.39, 0.29) is 17.0 Å². The highest BCUT2D eigenvalue weighted by Gasteiger charge is 2.16. The Balaban J connectivity index is 2.62. The molecular weight excluding hydrogens is 270 g/mol. The first kappa shape index (κ1) is 13.2. The molecular formula is C11H11N3O4S. The molecule has 1 aromatic heterocycles. The van der Waals surface area contributed by atoms with Gasteiger partial charge in [-0.25, -0.2) is 13.6 Å². The molecule has 2 aromatic rings. The molecule has 0 aliphatic heterocycles. The van der Waals surface area contributed by atoms with Gasteiger partial charge in [-0.3, -0.25) is 9.78 Å². The summed E-state index contributed by atoms with van der Waals surface area (Å²) in [6.45, 7) is -0.307. The summed E-state index contributed by atoms with van der Waals surface area (Å²) in [5, 5.41) is 5.55. The highest BCUT2D eigenvalue weighted by Crippen LogP contribution is 2.28. The molecule has 0 aliphatic rings. The van der Waals surface area contributed by atoms with Gasteiger partial charge in [0.1, 0.15) is 10.6 Å². The van der Waals surface area contributed by atoms with E-state index in [1.807, 2.05) is 0 Å². The summed E-state index contributed by atoms with van der Waals surface area (Å²) in [4.78, 5) is 14.6. The van der Waals surface area contributed by atoms with Crippen LogP contribution in [0, 0.1) is 0 Å². The lowest BCUT2D eigenvalue weighted by Crippen LogP contribution is -2.20. The second-order valence-corrected chi connectivity index (χ2v) is 5.29. The molecule has 0 unspecified atom stereocenters. The number of carbonyl (C=O) groups is 1. The second kappa shape index (κ2) is 4.82. The number of hydrogen-bond donors (Lipinski definition) is 2. The van der Waals surface area contributed by atoms with Gasteiger partial charge in [0.25, 0.3) is 5.91 Å². The smallest absolute Gasteiger partial charge is 0.255 e. The Morgan fingerprint density at radius 1 is 1.32 bits per heavy atom. The third kappa shape index (κ3) is 2.80. The molecule has 19 heavy (non-hydrogen) atoms. The monoisotopic (exact) mass is 281 g/mol. The van der Waals surface area contributed by atoms with E-state index < -0.39 is 15.9 Å². The number of benzene rings is 1. The number of fused-ring (bicyclic) bond motifs is 1. The molecule has 0 spiro atoms. The van der Waals surface area contributed by atoms with E-state index in [0.717, 1.165) is 0 Å². The van der Waals surface area contributed by atoms with Crippen LogP contribution >= 0.6 is 0 Å². The van der Waals surface area contributed by atoms with Gasteiger partial charge in [0.05, 0.1) is 5.52 Å². The quantitative estimate of drug-likeness (QED) is 0.799. The number of primary sulfonamides is 1. The van der Waals surface area contributed by atoms with Crippen LogP contribution in [-0.4, -0.2) is 25.9 Å². The zero-order valence-corrected chi connectivity index (χ0v) is 10.6. The Labute approximate surface area is 109 Å². The highest BCUT2D eigenvalue weighted by molar-refractivity contribution is 7.89. The van der Waals surface area contributed by atoms with Gasteiger partial charge in [0.2, 0.25) is 10.0 Å². The Bertz CT molecular complexity index is 743. The number of primary amides is 1.